The molecular formula is C24H19ClN2O4. The molecule has 6 nitrogen and oxygen atoms in total. The molecule has 0 saturated heterocycles. The molecule has 0 unspecified atom stereocenters. The number of fused-ring (bicyclic) bond motifs is 5. The van der Waals surface area contributed by atoms with Gasteiger partial charge in [-0.05, 0) is 41.8 Å². The highest BCUT2D eigenvalue weighted by Gasteiger charge is 2.34. The highest BCUT2D eigenvalue weighted by atomic mass is 35.5. The lowest BCUT2D eigenvalue weighted by Crippen LogP contribution is -2.20. The van der Waals surface area contributed by atoms with E-state index in [1.54, 1.807) is 13.2 Å². The number of hydrogen-bond donors (Lipinski definition) is 2. The standard InChI is InChI=1S/C24H19ClN2O4/c1-27-17-9-12(7-8-28)19(31-2)11-15(17)20-18(27)10-14(13-5-3-4-6-16(13)25)21-22(20)24(30)26-23(21)29/h3-6,9-11,28H,7-8H2,1-2H3,(H,26,29,30). The number of carbonyl (C=O) groups is 2. The van der Waals surface area contributed by atoms with Gasteiger partial charge in [0.05, 0.1) is 23.8 Å². The van der Waals surface area contributed by atoms with Crippen molar-refractivity contribution in [2.24, 2.45) is 7.05 Å². The molecule has 1 aromatic heterocycles. The molecule has 2 amide bonds. The third-order valence-electron chi connectivity index (χ3n) is 5.92. The van der Waals surface area contributed by atoms with E-state index in [-0.39, 0.29) is 6.61 Å². The number of nitrogens with zero attached hydrogens (tertiary/aromatic N) is 1. The van der Waals surface area contributed by atoms with Gasteiger partial charge in [0.1, 0.15) is 5.75 Å². The van der Waals surface area contributed by atoms with Gasteiger partial charge in [-0.15, -0.1) is 0 Å². The molecule has 1 aliphatic rings. The van der Waals surface area contributed by atoms with E-state index in [4.69, 9.17) is 16.3 Å². The predicted molar refractivity (Wildman–Crippen MR) is 120 cm³/mol. The molecule has 2 heterocycles. The summed E-state index contributed by atoms with van der Waals surface area (Å²) in [4.78, 5) is 25.7. The number of aliphatic hydroxyl groups excluding tert-OH is 1. The van der Waals surface area contributed by atoms with Crippen LogP contribution in [0.1, 0.15) is 26.3 Å². The van der Waals surface area contributed by atoms with Crippen LogP contribution in [0.2, 0.25) is 5.02 Å². The third kappa shape index (κ3) is 2.76. The van der Waals surface area contributed by atoms with Gasteiger partial charge in [0.25, 0.3) is 11.8 Å². The third-order valence-corrected chi connectivity index (χ3v) is 6.25. The largest absolute Gasteiger partial charge is 0.496 e. The van der Waals surface area contributed by atoms with Crippen LogP contribution in [0, 0.1) is 0 Å². The maximum absolute atomic E-state index is 12.9. The van der Waals surface area contributed by atoms with Crippen LogP contribution in [0.4, 0.5) is 0 Å². The van der Waals surface area contributed by atoms with Crippen molar-refractivity contribution >= 4 is 45.2 Å². The lowest BCUT2D eigenvalue weighted by molar-refractivity contribution is 0.0880. The number of amides is 2. The van der Waals surface area contributed by atoms with Gasteiger partial charge in [-0.3, -0.25) is 14.9 Å². The summed E-state index contributed by atoms with van der Waals surface area (Å²) in [5.74, 6) is -0.231. The van der Waals surface area contributed by atoms with Crippen molar-refractivity contribution in [3.8, 4) is 16.9 Å². The van der Waals surface area contributed by atoms with Crippen LogP contribution < -0.4 is 10.1 Å². The summed E-state index contributed by atoms with van der Waals surface area (Å²) < 4.78 is 7.52. The van der Waals surface area contributed by atoms with Gasteiger partial charge >= 0.3 is 0 Å². The quantitative estimate of drug-likeness (QED) is 0.474. The first-order valence-corrected chi connectivity index (χ1v) is 10.2. The minimum Gasteiger partial charge on any atom is -0.496 e. The molecule has 0 bridgehead atoms. The number of rotatable bonds is 4. The number of halogens is 1. The number of benzene rings is 3. The summed E-state index contributed by atoms with van der Waals surface area (Å²) in [7, 11) is 3.49. The van der Waals surface area contributed by atoms with Gasteiger partial charge in [-0.2, -0.15) is 0 Å². The number of methoxy groups -OCH3 is 1. The molecule has 0 saturated carbocycles. The van der Waals surface area contributed by atoms with Gasteiger partial charge in [0, 0.05) is 40.5 Å². The Kier molecular flexibility index (Phi) is 4.50. The SMILES string of the molecule is COc1cc2c3c4c(c(-c5ccccc5Cl)cc3n(C)c2cc1CCO)C(=O)NC4=O. The summed E-state index contributed by atoms with van der Waals surface area (Å²) in [5.41, 5.74) is 4.53. The van der Waals surface area contributed by atoms with E-state index >= 15 is 0 Å². The van der Waals surface area contributed by atoms with Crippen molar-refractivity contribution in [3.05, 3.63) is 64.2 Å². The first kappa shape index (κ1) is 19.6. The Bertz CT molecular complexity index is 1420. The van der Waals surface area contributed by atoms with Crippen LogP contribution in [0.25, 0.3) is 32.9 Å². The van der Waals surface area contributed by atoms with E-state index in [2.05, 4.69) is 5.32 Å². The zero-order valence-electron chi connectivity index (χ0n) is 17.0. The zero-order valence-corrected chi connectivity index (χ0v) is 17.7. The first-order chi connectivity index (χ1) is 15.0. The first-order valence-electron chi connectivity index (χ1n) is 9.83. The number of carbonyl (C=O) groups excluding carboxylic acids is 2. The fourth-order valence-electron chi connectivity index (χ4n) is 4.51. The summed E-state index contributed by atoms with van der Waals surface area (Å²) in [6, 6.07) is 13.0. The van der Waals surface area contributed by atoms with E-state index in [0.717, 1.165) is 22.0 Å². The van der Waals surface area contributed by atoms with Crippen molar-refractivity contribution in [3.63, 3.8) is 0 Å². The second kappa shape index (κ2) is 7.11. The molecule has 1 aliphatic heterocycles. The second-order valence-corrected chi connectivity index (χ2v) is 7.95. The van der Waals surface area contributed by atoms with Crippen molar-refractivity contribution in [2.75, 3.05) is 13.7 Å². The van der Waals surface area contributed by atoms with Gasteiger partial charge in [0.2, 0.25) is 0 Å². The van der Waals surface area contributed by atoms with Crippen molar-refractivity contribution in [1.82, 2.24) is 9.88 Å². The maximum Gasteiger partial charge on any atom is 0.259 e. The number of aliphatic hydroxyl groups is 1. The number of hydrogen-bond acceptors (Lipinski definition) is 4. The van der Waals surface area contributed by atoms with E-state index in [1.807, 2.05) is 48.0 Å². The minimum absolute atomic E-state index is 0.00519. The van der Waals surface area contributed by atoms with Crippen LogP contribution in [-0.2, 0) is 13.5 Å². The van der Waals surface area contributed by atoms with Crippen LogP contribution in [-0.4, -0.2) is 35.2 Å². The summed E-state index contributed by atoms with van der Waals surface area (Å²) in [6.07, 6.45) is 0.447. The molecule has 7 heteroatoms. The molecule has 156 valence electrons. The van der Waals surface area contributed by atoms with Crippen LogP contribution in [0.3, 0.4) is 0 Å². The van der Waals surface area contributed by atoms with E-state index < -0.39 is 11.8 Å². The molecule has 31 heavy (non-hydrogen) atoms. The molecule has 0 atom stereocenters. The molecule has 4 aromatic rings. The van der Waals surface area contributed by atoms with E-state index in [9.17, 15) is 14.7 Å². The molecular weight excluding hydrogens is 416 g/mol. The Balaban J connectivity index is 1.96. The lowest BCUT2D eigenvalue weighted by Gasteiger charge is -2.10. The molecule has 0 spiro atoms. The Hall–Kier alpha value is -3.35. The van der Waals surface area contributed by atoms with Gasteiger partial charge in [-0.1, -0.05) is 29.8 Å². The Labute approximate surface area is 183 Å². The number of imide groups is 1. The van der Waals surface area contributed by atoms with Gasteiger partial charge in [0.15, 0.2) is 0 Å². The van der Waals surface area contributed by atoms with E-state index in [0.29, 0.717) is 44.8 Å². The Morgan fingerprint density at radius 1 is 1.03 bits per heavy atom. The van der Waals surface area contributed by atoms with Crippen molar-refractivity contribution in [1.29, 1.82) is 0 Å². The number of aryl methyl sites for hydroxylation is 1. The van der Waals surface area contributed by atoms with Crippen molar-refractivity contribution in [2.45, 2.75) is 6.42 Å². The fraction of sp³-hybridized carbons (Fsp3) is 0.167. The number of nitrogens with one attached hydrogen (secondary N) is 1. The summed E-state index contributed by atoms with van der Waals surface area (Å²) >= 11 is 6.45. The number of ether oxygens (including phenoxy) is 1. The monoisotopic (exact) mass is 434 g/mol. The lowest BCUT2D eigenvalue weighted by atomic mass is 9.92. The Morgan fingerprint density at radius 2 is 1.77 bits per heavy atom. The molecule has 3 aromatic carbocycles. The summed E-state index contributed by atoms with van der Waals surface area (Å²) in [5, 5.41) is 13.9. The highest BCUT2D eigenvalue weighted by molar-refractivity contribution is 6.36. The molecule has 0 radical (unpaired) electrons. The number of aromatic nitrogens is 1. The van der Waals surface area contributed by atoms with Gasteiger partial charge in [-0.25, -0.2) is 0 Å². The normalized spacial score (nSPS) is 13.2. The maximum atomic E-state index is 12.9. The highest BCUT2D eigenvalue weighted by Crippen LogP contribution is 2.42. The van der Waals surface area contributed by atoms with Crippen molar-refractivity contribution < 1.29 is 19.4 Å². The summed E-state index contributed by atoms with van der Waals surface area (Å²) in [6.45, 7) is -0.00519. The predicted octanol–water partition coefficient (Wildman–Crippen LogP) is 4.08. The zero-order chi connectivity index (χ0) is 21.9. The molecule has 2 N–H and O–H groups in total. The van der Waals surface area contributed by atoms with Gasteiger partial charge < -0.3 is 14.4 Å². The minimum atomic E-state index is -0.433. The average Bonchev–Trinajstić information content (AvgIpc) is 3.21. The molecule has 0 aliphatic carbocycles. The fourth-order valence-corrected chi connectivity index (χ4v) is 4.75. The average molecular weight is 435 g/mol. The Morgan fingerprint density at radius 3 is 2.48 bits per heavy atom. The van der Waals surface area contributed by atoms with Crippen LogP contribution >= 0.6 is 11.6 Å². The topological polar surface area (TPSA) is 80.6 Å². The molecule has 5 rings (SSSR count). The molecule has 0 fully saturated rings. The smallest absolute Gasteiger partial charge is 0.259 e. The van der Waals surface area contributed by atoms with E-state index in [1.165, 1.54) is 0 Å². The second-order valence-electron chi connectivity index (χ2n) is 7.55. The van der Waals surface area contributed by atoms with Crippen LogP contribution in [0.5, 0.6) is 5.75 Å². The van der Waals surface area contributed by atoms with Crippen LogP contribution in [0.15, 0.2) is 42.5 Å².